The SMILES string of the molecule is CC1(C)c2ccccc2C2(c3ccccc3Oc3ccccc32)c2cccc(-c3ccccc3-c3nc4ccccc4s3)c21. The monoisotopic (exact) mass is 583 g/mol. The number of rotatable bonds is 2. The van der Waals surface area contributed by atoms with Crippen LogP contribution in [0.5, 0.6) is 11.5 Å². The van der Waals surface area contributed by atoms with E-state index in [-0.39, 0.29) is 5.41 Å². The molecule has 0 saturated heterocycles. The molecule has 2 nitrogen and oxygen atoms in total. The molecular formula is C41H29NOS. The second-order valence-corrected chi connectivity index (χ2v) is 13.3. The Kier molecular flexibility index (Phi) is 5.36. The largest absolute Gasteiger partial charge is 0.457 e. The highest BCUT2D eigenvalue weighted by atomic mass is 32.1. The zero-order valence-electron chi connectivity index (χ0n) is 24.5. The fourth-order valence-electron chi connectivity index (χ4n) is 7.86. The van der Waals surface area contributed by atoms with Gasteiger partial charge in [-0.15, -0.1) is 11.3 Å². The summed E-state index contributed by atoms with van der Waals surface area (Å²) in [6.45, 7) is 4.77. The summed E-state index contributed by atoms with van der Waals surface area (Å²) in [5.41, 5.74) is 11.5. The van der Waals surface area contributed by atoms with E-state index in [0.717, 1.165) is 22.0 Å². The topological polar surface area (TPSA) is 22.1 Å². The fourth-order valence-corrected chi connectivity index (χ4v) is 8.87. The Bertz CT molecular complexity index is 2180. The van der Waals surface area contributed by atoms with E-state index in [1.165, 1.54) is 54.8 Å². The van der Waals surface area contributed by atoms with E-state index in [1.54, 1.807) is 11.3 Å². The molecule has 0 N–H and O–H groups in total. The third kappa shape index (κ3) is 3.33. The van der Waals surface area contributed by atoms with Crippen molar-refractivity contribution in [3.8, 4) is 33.2 Å². The summed E-state index contributed by atoms with van der Waals surface area (Å²) in [5, 5.41) is 1.05. The zero-order valence-corrected chi connectivity index (χ0v) is 25.4. The number of para-hydroxylation sites is 3. The summed E-state index contributed by atoms with van der Waals surface area (Å²) >= 11 is 1.76. The molecule has 0 bridgehead atoms. The molecule has 9 rings (SSSR count). The van der Waals surface area contributed by atoms with Gasteiger partial charge in [0, 0.05) is 22.1 Å². The highest BCUT2D eigenvalue weighted by Crippen LogP contribution is 2.62. The minimum Gasteiger partial charge on any atom is -0.457 e. The van der Waals surface area contributed by atoms with Gasteiger partial charge in [-0.1, -0.05) is 129 Å². The number of hydrogen-bond donors (Lipinski definition) is 0. The average Bonchev–Trinajstić information content (AvgIpc) is 3.51. The van der Waals surface area contributed by atoms with Crippen molar-refractivity contribution in [2.45, 2.75) is 24.7 Å². The predicted octanol–water partition coefficient (Wildman–Crippen LogP) is 10.8. The first-order chi connectivity index (χ1) is 21.6. The summed E-state index contributed by atoms with van der Waals surface area (Å²) in [4.78, 5) is 5.10. The Morgan fingerprint density at radius 3 is 1.77 bits per heavy atom. The zero-order chi connectivity index (χ0) is 29.5. The van der Waals surface area contributed by atoms with Crippen LogP contribution in [-0.4, -0.2) is 4.98 Å². The van der Waals surface area contributed by atoms with E-state index in [0.29, 0.717) is 0 Å². The van der Waals surface area contributed by atoms with Crippen molar-refractivity contribution in [1.82, 2.24) is 4.98 Å². The molecule has 1 spiro atoms. The van der Waals surface area contributed by atoms with Gasteiger partial charge in [-0.3, -0.25) is 0 Å². The smallest absolute Gasteiger partial charge is 0.132 e. The molecule has 2 heterocycles. The van der Waals surface area contributed by atoms with Crippen LogP contribution in [0, 0.1) is 0 Å². The van der Waals surface area contributed by atoms with Crippen LogP contribution in [0.25, 0.3) is 31.9 Å². The molecule has 1 aliphatic heterocycles. The molecule has 0 radical (unpaired) electrons. The first kappa shape index (κ1) is 25.5. The van der Waals surface area contributed by atoms with Crippen LogP contribution in [0.2, 0.25) is 0 Å². The molecule has 1 aliphatic carbocycles. The average molecular weight is 584 g/mol. The van der Waals surface area contributed by atoms with E-state index in [2.05, 4.69) is 153 Å². The van der Waals surface area contributed by atoms with Gasteiger partial charge in [-0.05, 0) is 57.6 Å². The van der Waals surface area contributed by atoms with Crippen molar-refractivity contribution in [3.05, 3.63) is 173 Å². The molecule has 0 amide bonds. The van der Waals surface area contributed by atoms with Crippen LogP contribution < -0.4 is 4.74 Å². The molecule has 7 aromatic rings. The van der Waals surface area contributed by atoms with Crippen molar-refractivity contribution < 1.29 is 4.74 Å². The normalized spacial score (nSPS) is 15.1. The Labute approximate surface area is 261 Å². The Balaban J connectivity index is 1.41. The van der Waals surface area contributed by atoms with Crippen LogP contribution in [0.3, 0.4) is 0 Å². The number of ether oxygens (including phenoxy) is 1. The lowest BCUT2D eigenvalue weighted by molar-refractivity contribution is 0.425. The van der Waals surface area contributed by atoms with Gasteiger partial charge in [-0.25, -0.2) is 4.98 Å². The maximum absolute atomic E-state index is 6.60. The highest BCUT2D eigenvalue weighted by molar-refractivity contribution is 7.21. The van der Waals surface area contributed by atoms with Crippen molar-refractivity contribution in [2.24, 2.45) is 0 Å². The number of aromatic nitrogens is 1. The molecule has 44 heavy (non-hydrogen) atoms. The molecule has 3 heteroatoms. The summed E-state index contributed by atoms with van der Waals surface area (Å²) in [5.74, 6) is 1.82. The van der Waals surface area contributed by atoms with Gasteiger partial charge in [0.2, 0.25) is 0 Å². The summed E-state index contributed by atoms with van der Waals surface area (Å²) < 4.78 is 7.81. The number of thiazole rings is 1. The number of benzene rings is 6. The van der Waals surface area contributed by atoms with Gasteiger partial charge in [0.15, 0.2) is 0 Å². The minimum absolute atomic E-state index is 0.267. The third-order valence-electron chi connectivity index (χ3n) is 9.64. The van der Waals surface area contributed by atoms with Crippen LogP contribution in [-0.2, 0) is 10.8 Å². The number of hydrogen-bond acceptors (Lipinski definition) is 3. The summed E-state index contributed by atoms with van der Waals surface area (Å²) in [6.07, 6.45) is 0. The van der Waals surface area contributed by atoms with Crippen molar-refractivity contribution in [2.75, 3.05) is 0 Å². The second-order valence-electron chi connectivity index (χ2n) is 12.3. The maximum atomic E-state index is 6.60. The van der Waals surface area contributed by atoms with E-state index in [9.17, 15) is 0 Å². The third-order valence-corrected chi connectivity index (χ3v) is 10.7. The van der Waals surface area contributed by atoms with E-state index >= 15 is 0 Å². The van der Waals surface area contributed by atoms with Gasteiger partial charge in [-0.2, -0.15) is 0 Å². The molecule has 0 unspecified atom stereocenters. The first-order valence-corrected chi connectivity index (χ1v) is 16.0. The Morgan fingerprint density at radius 2 is 1.05 bits per heavy atom. The van der Waals surface area contributed by atoms with Crippen LogP contribution in [0.1, 0.15) is 47.2 Å². The molecule has 6 aromatic carbocycles. The first-order valence-electron chi connectivity index (χ1n) is 15.1. The maximum Gasteiger partial charge on any atom is 0.132 e. The van der Waals surface area contributed by atoms with Gasteiger partial charge < -0.3 is 4.74 Å². The fraction of sp³-hybridized carbons (Fsp3) is 0.0976. The van der Waals surface area contributed by atoms with Gasteiger partial charge in [0.05, 0.1) is 15.6 Å². The lowest BCUT2D eigenvalue weighted by Gasteiger charge is -2.50. The lowest BCUT2D eigenvalue weighted by atomic mass is 9.53. The lowest BCUT2D eigenvalue weighted by Crippen LogP contribution is -2.43. The standard InChI is InChI=1S/C41H29NOS/c1-40(2)29-17-5-6-18-30(29)41(31-19-7-10-23-35(31)43-36-24-11-8-20-32(36)41)33-21-13-16-27(38(33)40)26-14-3-4-15-28(26)39-42-34-22-9-12-25-37(34)44-39/h3-25H,1-2H3. The number of fused-ring (bicyclic) bond motifs is 9. The van der Waals surface area contributed by atoms with Crippen molar-refractivity contribution in [1.29, 1.82) is 0 Å². The second kappa shape index (κ2) is 9.25. The van der Waals surface area contributed by atoms with Crippen molar-refractivity contribution in [3.63, 3.8) is 0 Å². The Morgan fingerprint density at radius 1 is 0.500 bits per heavy atom. The summed E-state index contributed by atoms with van der Waals surface area (Å²) in [6, 6.07) is 50.3. The molecule has 0 saturated carbocycles. The van der Waals surface area contributed by atoms with Crippen LogP contribution >= 0.6 is 11.3 Å². The molecule has 0 fully saturated rings. The van der Waals surface area contributed by atoms with Crippen LogP contribution in [0.4, 0.5) is 0 Å². The number of nitrogens with zero attached hydrogens (tertiary/aromatic N) is 1. The summed E-state index contributed by atoms with van der Waals surface area (Å²) in [7, 11) is 0. The predicted molar refractivity (Wildman–Crippen MR) is 181 cm³/mol. The van der Waals surface area contributed by atoms with Crippen molar-refractivity contribution >= 4 is 21.6 Å². The molecule has 2 aliphatic rings. The van der Waals surface area contributed by atoms with E-state index in [4.69, 9.17) is 9.72 Å². The molecule has 1 aromatic heterocycles. The quantitative estimate of drug-likeness (QED) is 0.202. The minimum atomic E-state index is -0.534. The molecule has 0 atom stereocenters. The highest BCUT2D eigenvalue weighted by Gasteiger charge is 2.53. The van der Waals surface area contributed by atoms with Gasteiger partial charge in [0.1, 0.15) is 16.5 Å². The molecule has 210 valence electrons. The Hall–Kier alpha value is -4.99. The van der Waals surface area contributed by atoms with Gasteiger partial charge in [0.25, 0.3) is 0 Å². The molecular weight excluding hydrogens is 555 g/mol. The van der Waals surface area contributed by atoms with Gasteiger partial charge >= 0.3 is 0 Å². The van der Waals surface area contributed by atoms with E-state index in [1.807, 2.05) is 0 Å². The van der Waals surface area contributed by atoms with E-state index < -0.39 is 5.41 Å². The van der Waals surface area contributed by atoms with Crippen LogP contribution in [0.15, 0.2) is 140 Å².